The fraction of sp³-hybridized carbons (Fsp3) is 0.545. The Labute approximate surface area is 100 Å². The number of anilines is 1. The van der Waals surface area contributed by atoms with Gasteiger partial charge in [0.25, 0.3) is 0 Å². The second-order valence-corrected chi connectivity index (χ2v) is 4.66. The van der Waals surface area contributed by atoms with E-state index >= 15 is 0 Å². The van der Waals surface area contributed by atoms with Gasteiger partial charge in [0.2, 0.25) is 0 Å². The number of aromatic nitrogens is 2. The Morgan fingerprint density at radius 1 is 1.47 bits per heavy atom. The van der Waals surface area contributed by atoms with Gasteiger partial charge in [0.05, 0.1) is 18.8 Å². The Morgan fingerprint density at radius 2 is 2.18 bits per heavy atom. The van der Waals surface area contributed by atoms with Gasteiger partial charge in [0.1, 0.15) is 11.5 Å². The van der Waals surface area contributed by atoms with Crippen molar-refractivity contribution in [2.75, 3.05) is 24.7 Å². The fourth-order valence-corrected chi connectivity index (χ4v) is 1.97. The average Bonchev–Trinajstić information content (AvgIpc) is 2.28. The number of rotatable bonds is 2. The van der Waals surface area contributed by atoms with Crippen molar-refractivity contribution in [2.45, 2.75) is 19.4 Å². The predicted octanol–water partition coefficient (Wildman–Crippen LogP) is 0.376. The van der Waals surface area contributed by atoms with Crippen molar-refractivity contribution in [1.29, 1.82) is 5.41 Å². The molecular formula is C11H17N5O. The summed E-state index contributed by atoms with van der Waals surface area (Å²) < 4.78 is 5.46. The minimum absolute atomic E-state index is 0.0598. The largest absolute Gasteiger partial charge is 0.382 e. The molecule has 0 unspecified atom stereocenters. The third kappa shape index (κ3) is 2.21. The number of hydrogen-bond acceptors (Lipinski definition) is 5. The van der Waals surface area contributed by atoms with Gasteiger partial charge in [0, 0.05) is 18.9 Å². The zero-order valence-corrected chi connectivity index (χ0v) is 10.1. The first-order chi connectivity index (χ1) is 8.02. The van der Waals surface area contributed by atoms with Crippen LogP contribution in [0.25, 0.3) is 0 Å². The van der Waals surface area contributed by atoms with E-state index in [1.54, 1.807) is 12.4 Å². The molecular weight excluding hydrogens is 218 g/mol. The van der Waals surface area contributed by atoms with Crippen LogP contribution in [0.2, 0.25) is 0 Å². The minimum Gasteiger partial charge on any atom is -0.382 e. The number of nitrogens with zero attached hydrogens (tertiary/aromatic N) is 3. The maximum Gasteiger partial charge on any atom is 0.158 e. The molecule has 1 aromatic rings. The highest BCUT2D eigenvalue weighted by molar-refractivity contribution is 5.97. The average molecular weight is 235 g/mol. The summed E-state index contributed by atoms with van der Waals surface area (Å²) in [5.41, 5.74) is 5.80. The quantitative estimate of drug-likeness (QED) is 0.571. The molecule has 0 bridgehead atoms. The Morgan fingerprint density at radius 3 is 2.82 bits per heavy atom. The molecule has 1 aromatic heterocycles. The lowest BCUT2D eigenvalue weighted by Crippen LogP contribution is -2.54. The van der Waals surface area contributed by atoms with E-state index in [0.29, 0.717) is 24.7 Å². The van der Waals surface area contributed by atoms with E-state index in [-0.39, 0.29) is 11.4 Å². The van der Waals surface area contributed by atoms with Crippen LogP contribution in [0, 0.1) is 5.41 Å². The van der Waals surface area contributed by atoms with Gasteiger partial charge in [-0.15, -0.1) is 0 Å². The van der Waals surface area contributed by atoms with Crippen molar-refractivity contribution >= 4 is 11.7 Å². The number of nitrogen functional groups attached to an aromatic ring is 1. The van der Waals surface area contributed by atoms with Gasteiger partial charge in [-0.25, -0.2) is 9.97 Å². The lowest BCUT2D eigenvalue weighted by atomic mass is 10.0. The van der Waals surface area contributed by atoms with Crippen LogP contribution >= 0.6 is 0 Å². The first-order valence-electron chi connectivity index (χ1n) is 5.53. The lowest BCUT2D eigenvalue weighted by Gasteiger charge is -2.43. The first-order valence-corrected chi connectivity index (χ1v) is 5.53. The normalized spacial score (nSPS) is 19.1. The van der Waals surface area contributed by atoms with Crippen molar-refractivity contribution in [3.05, 3.63) is 18.1 Å². The standard InChI is InChI=1S/C11H17N5O/c1-11(2)7-17-6-5-16(11)10-8(9(12)13)14-3-4-15-10/h3-4H,5-7H2,1-2H3,(H3,12,13). The van der Waals surface area contributed by atoms with Crippen LogP contribution in [0.1, 0.15) is 19.5 Å². The molecule has 0 atom stereocenters. The van der Waals surface area contributed by atoms with Gasteiger partial charge in [-0.1, -0.05) is 0 Å². The van der Waals surface area contributed by atoms with Gasteiger partial charge in [-0.05, 0) is 13.8 Å². The maximum absolute atomic E-state index is 7.54. The van der Waals surface area contributed by atoms with Crippen LogP contribution in [0.15, 0.2) is 12.4 Å². The molecule has 1 aliphatic rings. The molecule has 0 aromatic carbocycles. The summed E-state index contributed by atoms with van der Waals surface area (Å²) in [6.07, 6.45) is 3.17. The highest BCUT2D eigenvalue weighted by atomic mass is 16.5. The molecule has 2 heterocycles. The van der Waals surface area contributed by atoms with Crippen molar-refractivity contribution < 1.29 is 4.74 Å². The fourth-order valence-electron chi connectivity index (χ4n) is 1.97. The molecule has 92 valence electrons. The van der Waals surface area contributed by atoms with Crippen molar-refractivity contribution in [3.63, 3.8) is 0 Å². The summed E-state index contributed by atoms with van der Waals surface area (Å²) in [5.74, 6) is 0.601. The second-order valence-electron chi connectivity index (χ2n) is 4.66. The zero-order valence-electron chi connectivity index (χ0n) is 10.1. The number of amidine groups is 1. The Balaban J connectivity index is 2.42. The topological polar surface area (TPSA) is 88.1 Å². The van der Waals surface area contributed by atoms with Crippen LogP contribution in [0.3, 0.4) is 0 Å². The molecule has 3 N–H and O–H groups in total. The van der Waals surface area contributed by atoms with Crippen LogP contribution in [-0.2, 0) is 4.74 Å². The first kappa shape index (κ1) is 11.8. The molecule has 0 saturated carbocycles. The molecule has 0 amide bonds. The van der Waals surface area contributed by atoms with Crippen molar-refractivity contribution in [1.82, 2.24) is 9.97 Å². The molecule has 0 aliphatic carbocycles. The Kier molecular flexibility index (Phi) is 2.97. The number of hydrogen-bond donors (Lipinski definition) is 2. The van der Waals surface area contributed by atoms with Gasteiger partial charge >= 0.3 is 0 Å². The zero-order chi connectivity index (χ0) is 12.5. The Hall–Kier alpha value is -1.69. The molecule has 1 fully saturated rings. The monoisotopic (exact) mass is 235 g/mol. The summed E-state index contributed by atoms with van der Waals surface area (Å²) in [7, 11) is 0. The minimum atomic E-state index is -0.168. The van der Waals surface area contributed by atoms with Gasteiger partial charge in [0.15, 0.2) is 5.82 Å². The number of nitrogens with one attached hydrogen (secondary N) is 1. The SMILES string of the molecule is CC1(C)COCCN1c1nccnc1C(=N)N. The van der Waals surface area contributed by atoms with Crippen LogP contribution in [0.5, 0.6) is 0 Å². The number of ether oxygens (including phenoxy) is 1. The lowest BCUT2D eigenvalue weighted by molar-refractivity contribution is 0.0638. The molecule has 1 aliphatic heterocycles. The Bertz CT molecular complexity index is 432. The van der Waals surface area contributed by atoms with E-state index in [1.807, 2.05) is 0 Å². The predicted molar refractivity (Wildman–Crippen MR) is 65.3 cm³/mol. The van der Waals surface area contributed by atoms with Crippen LogP contribution < -0.4 is 10.6 Å². The molecule has 6 heteroatoms. The van der Waals surface area contributed by atoms with E-state index in [0.717, 1.165) is 6.54 Å². The van der Waals surface area contributed by atoms with E-state index in [2.05, 4.69) is 28.7 Å². The van der Waals surface area contributed by atoms with Crippen molar-refractivity contribution in [2.24, 2.45) is 5.73 Å². The summed E-state index contributed by atoms with van der Waals surface area (Å²) in [4.78, 5) is 10.5. The molecule has 0 radical (unpaired) electrons. The van der Waals surface area contributed by atoms with Gasteiger partial charge in [-0.2, -0.15) is 0 Å². The molecule has 2 rings (SSSR count). The molecule has 17 heavy (non-hydrogen) atoms. The van der Waals surface area contributed by atoms with E-state index in [1.165, 1.54) is 0 Å². The summed E-state index contributed by atoms with van der Waals surface area (Å²) in [5, 5.41) is 7.54. The van der Waals surface area contributed by atoms with E-state index in [4.69, 9.17) is 15.9 Å². The molecule has 0 spiro atoms. The summed E-state index contributed by atoms with van der Waals surface area (Å²) >= 11 is 0. The molecule has 1 saturated heterocycles. The third-order valence-electron chi connectivity index (χ3n) is 2.83. The second kappa shape index (κ2) is 4.29. The number of nitrogens with two attached hydrogens (primary N) is 1. The van der Waals surface area contributed by atoms with Gasteiger partial charge in [-0.3, -0.25) is 5.41 Å². The van der Waals surface area contributed by atoms with Crippen molar-refractivity contribution in [3.8, 4) is 0 Å². The third-order valence-corrected chi connectivity index (χ3v) is 2.83. The smallest absolute Gasteiger partial charge is 0.158 e. The molecule has 6 nitrogen and oxygen atoms in total. The number of morpholine rings is 1. The summed E-state index contributed by atoms with van der Waals surface area (Å²) in [6.45, 7) is 6.15. The van der Waals surface area contributed by atoms with Crippen LogP contribution in [0.4, 0.5) is 5.82 Å². The van der Waals surface area contributed by atoms with Gasteiger partial charge < -0.3 is 15.4 Å². The highest BCUT2D eigenvalue weighted by Crippen LogP contribution is 2.26. The van der Waals surface area contributed by atoms with E-state index in [9.17, 15) is 0 Å². The maximum atomic E-state index is 7.54. The van der Waals surface area contributed by atoms with E-state index < -0.39 is 0 Å². The highest BCUT2D eigenvalue weighted by Gasteiger charge is 2.33. The summed E-state index contributed by atoms with van der Waals surface area (Å²) in [6, 6.07) is 0. The van der Waals surface area contributed by atoms with Crippen LogP contribution in [-0.4, -0.2) is 41.1 Å².